The van der Waals surface area contributed by atoms with Crippen molar-refractivity contribution in [3.05, 3.63) is 18.2 Å². The Hall–Kier alpha value is -2.99. The highest BCUT2D eigenvalue weighted by molar-refractivity contribution is 5.94. The Morgan fingerprint density at radius 1 is 1.31 bits per heavy atom. The smallest absolute Gasteiger partial charge is 0.326 e. The average molecular weight is 452 g/mol. The largest absolute Gasteiger partial charge is 0.480 e. The number of unbranched alkanes of at least 4 members (excludes halogenated alkanes) is 1. The Morgan fingerprint density at radius 2 is 2.06 bits per heavy atom. The van der Waals surface area contributed by atoms with Gasteiger partial charge in [-0.05, 0) is 39.2 Å². The summed E-state index contributed by atoms with van der Waals surface area (Å²) in [5.41, 5.74) is 12.0. The fourth-order valence-corrected chi connectivity index (χ4v) is 3.64. The van der Waals surface area contributed by atoms with E-state index < -0.39 is 42.0 Å². The van der Waals surface area contributed by atoms with Crippen LogP contribution in [-0.4, -0.2) is 80.9 Å². The summed E-state index contributed by atoms with van der Waals surface area (Å²) >= 11 is 0. The topological polar surface area (TPSA) is 197 Å². The summed E-state index contributed by atoms with van der Waals surface area (Å²) in [6.07, 6.45) is 6.03. The van der Waals surface area contributed by atoms with E-state index in [9.17, 15) is 24.3 Å². The molecule has 1 aromatic rings. The van der Waals surface area contributed by atoms with Gasteiger partial charge < -0.3 is 37.1 Å². The lowest BCUT2D eigenvalue weighted by Gasteiger charge is -2.28. The third-order valence-electron chi connectivity index (χ3n) is 5.47. The predicted octanol–water partition coefficient (Wildman–Crippen LogP) is -1.53. The molecular formula is C20H33N7O5. The number of carboxylic acids is 1. The van der Waals surface area contributed by atoms with E-state index in [0.29, 0.717) is 38.0 Å². The van der Waals surface area contributed by atoms with Gasteiger partial charge in [-0.3, -0.25) is 14.4 Å². The van der Waals surface area contributed by atoms with Gasteiger partial charge >= 0.3 is 5.97 Å². The van der Waals surface area contributed by atoms with Gasteiger partial charge in [0.1, 0.15) is 18.1 Å². The standard InChI is InChI=1S/C20H33N7O5/c1-12(17(28)26-15(20(31)32)9-13-10-23-11-24-13)25-18(29)16-6-4-8-27(16)19(30)14(22)5-2-3-7-21/h10-12,14-16H,2-9,21-22H2,1H3,(H,23,24)(H,25,29)(H,26,28)(H,31,32). The number of nitrogens with zero attached hydrogens (tertiary/aromatic N) is 2. The maximum Gasteiger partial charge on any atom is 0.326 e. The minimum atomic E-state index is -1.21. The Bertz CT molecular complexity index is 785. The number of hydrogen-bond donors (Lipinski definition) is 6. The van der Waals surface area contributed by atoms with Crippen LogP contribution in [0.4, 0.5) is 0 Å². The number of H-pyrrole nitrogens is 1. The highest BCUT2D eigenvalue weighted by atomic mass is 16.4. The number of rotatable bonds is 12. The number of carboxylic acid groups (broad SMARTS) is 1. The van der Waals surface area contributed by atoms with Gasteiger partial charge in [-0.25, -0.2) is 9.78 Å². The van der Waals surface area contributed by atoms with Gasteiger partial charge in [0.15, 0.2) is 0 Å². The Morgan fingerprint density at radius 3 is 2.69 bits per heavy atom. The highest BCUT2D eigenvalue weighted by Crippen LogP contribution is 2.19. The maximum absolute atomic E-state index is 12.8. The number of aliphatic carboxylic acids is 1. The molecule has 0 saturated carbocycles. The molecule has 4 atom stereocenters. The van der Waals surface area contributed by atoms with E-state index in [4.69, 9.17) is 11.5 Å². The van der Waals surface area contributed by atoms with E-state index in [-0.39, 0.29) is 12.3 Å². The second-order valence-electron chi connectivity index (χ2n) is 7.99. The van der Waals surface area contributed by atoms with Crippen LogP contribution in [0.1, 0.15) is 44.7 Å². The molecule has 1 saturated heterocycles. The van der Waals surface area contributed by atoms with Gasteiger partial charge in [0.05, 0.1) is 12.4 Å². The Labute approximate surface area is 186 Å². The van der Waals surface area contributed by atoms with Crippen LogP contribution in [0, 0.1) is 0 Å². The molecular weight excluding hydrogens is 418 g/mol. The molecule has 12 nitrogen and oxygen atoms in total. The molecule has 32 heavy (non-hydrogen) atoms. The quantitative estimate of drug-likeness (QED) is 0.206. The van der Waals surface area contributed by atoms with Crippen LogP contribution < -0.4 is 22.1 Å². The average Bonchev–Trinajstić information content (AvgIpc) is 3.44. The number of amides is 3. The molecule has 1 aliphatic heterocycles. The van der Waals surface area contributed by atoms with E-state index in [0.717, 1.165) is 12.8 Å². The van der Waals surface area contributed by atoms with Crippen molar-refractivity contribution in [3.63, 3.8) is 0 Å². The molecule has 2 rings (SSSR count). The van der Waals surface area contributed by atoms with Crippen molar-refractivity contribution in [1.82, 2.24) is 25.5 Å². The number of aromatic nitrogens is 2. The molecule has 178 valence electrons. The van der Waals surface area contributed by atoms with Crippen molar-refractivity contribution in [1.29, 1.82) is 0 Å². The van der Waals surface area contributed by atoms with Crippen LogP contribution in [0.15, 0.2) is 12.5 Å². The van der Waals surface area contributed by atoms with Crippen molar-refractivity contribution >= 4 is 23.7 Å². The first kappa shape index (κ1) is 25.3. The molecule has 2 heterocycles. The maximum atomic E-state index is 12.8. The lowest BCUT2D eigenvalue weighted by molar-refractivity contribution is -0.143. The molecule has 1 aromatic heterocycles. The van der Waals surface area contributed by atoms with E-state index in [1.165, 1.54) is 24.3 Å². The lowest BCUT2D eigenvalue weighted by Crippen LogP contribution is -2.56. The summed E-state index contributed by atoms with van der Waals surface area (Å²) in [6.45, 7) is 2.41. The van der Waals surface area contributed by atoms with Gasteiger partial charge in [-0.15, -0.1) is 0 Å². The number of imidazole rings is 1. The molecule has 0 radical (unpaired) electrons. The van der Waals surface area contributed by atoms with Gasteiger partial charge in [-0.1, -0.05) is 6.42 Å². The molecule has 0 bridgehead atoms. The normalized spacial score (nSPS) is 18.6. The Kier molecular flexibility index (Phi) is 9.60. The van der Waals surface area contributed by atoms with Crippen LogP contribution in [0.25, 0.3) is 0 Å². The minimum absolute atomic E-state index is 0.0225. The SMILES string of the molecule is CC(NC(=O)C1CCCN1C(=O)C(N)CCCCN)C(=O)NC(Cc1cnc[nH]1)C(=O)O. The minimum Gasteiger partial charge on any atom is -0.480 e. The highest BCUT2D eigenvalue weighted by Gasteiger charge is 2.37. The second-order valence-corrected chi connectivity index (χ2v) is 7.99. The lowest BCUT2D eigenvalue weighted by atomic mass is 10.1. The van der Waals surface area contributed by atoms with Gasteiger partial charge in [0.25, 0.3) is 0 Å². The summed E-state index contributed by atoms with van der Waals surface area (Å²) in [6, 6.07) is -3.58. The summed E-state index contributed by atoms with van der Waals surface area (Å²) in [7, 11) is 0. The zero-order valence-corrected chi connectivity index (χ0v) is 18.3. The van der Waals surface area contributed by atoms with E-state index >= 15 is 0 Å². The van der Waals surface area contributed by atoms with Gasteiger partial charge in [0, 0.05) is 24.9 Å². The number of aromatic amines is 1. The van der Waals surface area contributed by atoms with Crippen LogP contribution in [0.2, 0.25) is 0 Å². The number of likely N-dealkylation sites (tertiary alicyclic amines) is 1. The van der Waals surface area contributed by atoms with Crippen LogP contribution >= 0.6 is 0 Å². The van der Waals surface area contributed by atoms with Crippen LogP contribution in [-0.2, 0) is 25.6 Å². The monoisotopic (exact) mass is 451 g/mol. The number of carbonyl (C=O) groups is 4. The van der Waals surface area contributed by atoms with Gasteiger partial charge in [-0.2, -0.15) is 0 Å². The molecule has 12 heteroatoms. The number of carbonyl (C=O) groups excluding carboxylic acids is 3. The molecule has 0 aromatic carbocycles. The van der Waals surface area contributed by atoms with Crippen molar-refractivity contribution in [2.24, 2.45) is 11.5 Å². The third kappa shape index (κ3) is 7.02. The zero-order chi connectivity index (χ0) is 23.7. The molecule has 0 aliphatic carbocycles. The molecule has 3 amide bonds. The molecule has 1 aliphatic rings. The van der Waals surface area contributed by atoms with Crippen LogP contribution in [0.5, 0.6) is 0 Å². The summed E-state index contributed by atoms with van der Waals surface area (Å²) in [4.78, 5) is 57.5. The predicted molar refractivity (Wildman–Crippen MR) is 115 cm³/mol. The molecule has 4 unspecified atom stereocenters. The van der Waals surface area contributed by atoms with Crippen molar-refractivity contribution in [2.75, 3.05) is 13.1 Å². The Balaban J connectivity index is 1.91. The second kappa shape index (κ2) is 12.2. The number of nitrogens with one attached hydrogen (secondary N) is 3. The van der Waals surface area contributed by atoms with Crippen LogP contribution in [0.3, 0.4) is 0 Å². The third-order valence-corrected chi connectivity index (χ3v) is 5.47. The fraction of sp³-hybridized carbons (Fsp3) is 0.650. The van der Waals surface area contributed by atoms with Crippen molar-refractivity contribution in [2.45, 2.75) is 69.6 Å². The molecule has 0 spiro atoms. The van der Waals surface area contributed by atoms with E-state index in [1.54, 1.807) is 0 Å². The van der Waals surface area contributed by atoms with E-state index in [1.807, 2.05) is 0 Å². The summed E-state index contributed by atoms with van der Waals surface area (Å²) < 4.78 is 0. The molecule has 8 N–H and O–H groups in total. The van der Waals surface area contributed by atoms with Crippen molar-refractivity contribution < 1.29 is 24.3 Å². The first-order chi connectivity index (χ1) is 15.2. The summed E-state index contributed by atoms with van der Waals surface area (Å²) in [5, 5.41) is 14.4. The first-order valence-corrected chi connectivity index (χ1v) is 10.8. The molecule has 1 fully saturated rings. The zero-order valence-electron chi connectivity index (χ0n) is 18.3. The van der Waals surface area contributed by atoms with Crippen molar-refractivity contribution in [3.8, 4) is 0 Å². The number of hydrogen-bond acceptors (Lipinski definition) is 7. The first-order valence-electron chi connectivity index (χ1n) is 10.8. The van der Waals surface area contributed by atoms with E-state index in [2.05, 4.69) is 20.6 Å². The summed E-state index contributed by atoms with van der Waals surface area (Å²) in [5.74, 6) is -2.60. The van der Waals surface area contributed by atoms with Gasteiger partial charge in [0.2, 0.25) is 17.7 Å². The fourth-order valence-electron chi connectivity index (χ4n) is 3.64. The number of nitrogens with two attached hydrogens (primary N) is 2.